The number of phenolic OH excluding ortho intramolecular Hbond substituents is 1. The fourth-order valence-corrected chi connectivity index (χ4v) is 2.05. The van der Waals surface area contributed by atoms with E-state index in [2.05, 4.69) is 4.74 Å². The van der Waals surface area contributed by atoms with Crippen molar-refractivity contribution < 1.29 is 80.4 Å². The molecule has 1 aromatic carbocycles. The van der Waals surface area contributed by atoms with Gasteiger partial charge in [0.05, 0.1) is 6.61 Å². The van der Waals surface area contributed by atoms with Crippen LogP contribution in [-0.2, 0) is 4.74 Å². The summed E-state index contributed by atoms with van der Waals surface area (Å²) in [4.78, 5) is 0. The van der Waals surface area contributed by atoms with E-state index in [4.69, 9.17) is 9.84 Å². The molecule has 0 heterocycles. The Balaban J connectivity index is 3.01. The van der Waals surface area contributed by atoms with Gasteiger partial charge >= 0.3 is 41.7 Å². The monoisotopic (exact) mass is 536 g/mol. The van der Waals surface area contributed by atoms with Crippen LogP contribution >= 0.6 is 0 Å². The Labute approximate surface area is 179 Å². The largest absolute Gasteiger partial charge is 0.508 e. The second kappa shape index (κ2) is 9.07. The number of halogens is 15. The first-order chi connectivity index (χ1) is 15.0. The van der Waals surface area contributed by atoms with E-state index in [0.29, 0.717) is 0 Å². The molecule has 3 nitrogen and oxygen atoms in total. The Kier molecular flexibility index (Phi) is 7.94. The minimum Gasteiger partial charge on any atom is -0.508 e. The van der Waals surface area contributed by atoms with Crippen molar-refractivity contribution in [1.29, 1.82) is 0 Å². The maximum Gasteiger partial charge on any atom is 0.460 e. The molecule has 0 fully saturated rings. The minimum absolute atomic E-state index is 0.0579. The lowest BCUT2D eigenvalue weighted by Gasteiger charge is -2.41. The lowest BCUT2D eigenvalue weighted by Crippen LogP contribution is -2.73. The third kappa shape index (κ3) is 4.91. The molecule has 0 amide bonds. The van der Waals surface area contributed by atoms with E-state index in [1.807, 2.05) is 0 Å². The van der Waals surface area contributed by atoms with Gasteiger partial charge in [0.15, 0.2) is 0 Å². The van der Waals surface area contributed by atoms with E-state index in [9.17, 15) is 65.9 Å². The van der Waals surface area contributed by atoms with Crippen LogP contribution in [0.4, 0.5) is 65.9 Å². The number of rotatable bonds is 11. The van der Waals surface area contributed by atoms with Crippen LogP contribution in [0.15, 0.2) is 24.3 Å². The van der Waals surface area contributed by atoms with Crippen molar-refractivity contribution in [1.82, 2.24) is 0 Å². The van der Waals surface area contributed by atoms with Crippen molar-refractivity contribution in [3.05, 3.63) is 24.3 Å². The normalized spacial score (nSPS) is 14.9. The Morgan fingerprint density at radius 2 is 0.971 bits per heavy atom. The molecule has 0 radical (unpaired) electrons. The van der Waals surface area contributed by atoms with Crippen LogP contribution in [0.5, 0.6) is 11.5 Å². The minimum atomic E-state index is -8.33. The molecule has 18 heteroatoms. The van der Waals surface area contributed by atoms with Gasteiger partial charge in [0.1, 0.15) is 24.7 Å². The number of hydrogen-bond acceptors (Lipinski definition) is 3. The smallest absolute Gasteiger partial charge is 0.460 e. The van der Waals surface area contributed by atoms with Crippen LogP contribution in [0.2, 0.25) is 0 Å². The van der Waals surface area contributed by atoms with Crippen LogP contribution in [0.1, 0.15) is 0 Å². The molecule has 0 bridgehead atoms. The molecule has 198 valence electrons. The van der Waals surface area contributed by atoms with Gasteiger partial charge in [-0.3, -0.25) is 0 Å². The molecule has 1 rings (SSSR count). The quantitative estimate of drug-likeness (QED) is 0.272. The first-order valence-corrected chi connectivity index (χ1v) is 8.30. The van der Waals surface area contributed by atoms with Crippen LogP contribution in [0.3, 0.4) is 0 Å². The number of phenols is 1. The van der Waals surface area contributed by atoms with E-state index < -0.39 is 61.5 Å². The second-order valence-electron chi connectivity index (χ2n) is 6.47. The first-order valence-electron chi connectivity index (χ1n) is 8.30. The molecule has 34 heavy (non-hydrogen) atoms. The van der Waals surface area contributed by atoms with Crippen molar-refractivity contribution in [2.24, 2.45) is 0 Å². The second-order valence-corrected chi connectivity index (χ2v) is 6.47. The zero-order chi connectivity index (χ0) is 27.0. The molecule has 1 N–H and O–H groups in total. The van der Waals surface area contributed by atoms with Gasteiger partial charge in [0, 0.05) is 0 Å². The number of aromatic hydroxyl groups is 1. The molecule has 0 aliphatic heterocycles. The topological polar surface area (TPSA) is 38.7 Å². The Morgan fingerprint density at radius 1 is 0.559 bits per heavy atom. The number of ether oxygens (including phenoxy) is 2. The van der Waals surface area contributed by atoms with Gasteiger partial charge in [0.2, 0.25) is 0 Å². The molecular formula is C16H11F15O3. The molecule has 0 aliphatic rings. The van der Waals surface area contributed by atoms with Gasteiger partial charge in [-0.25, -0.2) is 0 Å². The summed E-state index contributed by atoms with van der Waals surface area (Å²) < 4.78 is 204. The van der Waals surface area contributed by atoms with Crippen molar-refractivity contribution >= 4 is 0 Å². The number of hydrogen-bond donors (Lipinski definition) is 1. The lowest BCUT2D eigenvalue weighted by molar-refractivity contribution is -0.453. The maximum atomic E-state index is 13.5. The summed E-state index contributed by atoms with van der Waals surface area (Å²) >= 11 is 0. The molecule has 0 unspecified atom stereocenters. The Bertz CT molecular complexity index is 818. The van der Waals surface area contributed by atoms with Gasteiger partial charge in [-0.2, -0.15) is 65.9 Å². The molecule has 1 aromatic rings. The number of alkyl halides is 15. The van der Waals surface area contributed by atoms with Gasteiger partial charge in [-0.1, -0.05) is 0 Å². The highest BCUT2D eigenvalue weighted by Crippen LogP contribution is 2.62. The summed E-state index contributed by atoms with van der Waals surface area (Å²) in [6.07, 6.45) is -7.64. The summed E-state index contributed by atoms with van der Waals surface area (Å²) in [6, 6.07) is 4.37. The molecule has 0 aromatic heterocycles. The van der Waals surface area contributed by atoms with Crippen LogP contribution in [0.25, 0.3) is 0 Å². The van der Waals surface area contributed by atoms with Crippen LogP contribution in [0, 0.1) is 0 Å². The van der Waals surface area contributed by atoms with Crippen LogP contribution in [-0.4, -0.2) is 66.6 Å². The molecule has 0 aliphatic carbocycles. The van der Waals surface area contributed by atoms with Gasteiger partial charge in [-0.15, -0.1) is 0 Å². The summed E-state index contributed by atoms with van der Waals surface area (Å²) in [7, 11) is 0. The van der Waals surface area contributed by atoms with Crippen molar-refractivity contribution in [3.63, 3.8) is 0 Å². The number of benzene rings is 1. The standard InChI is InChI=1S/C16H11F15O3/c17-10(18,7-33-5-6-34-9-3-1-8(32)2-4-9)11(19,20)12(21,22)13(23,24)14(25,26)15(27,28)16(29,30)31/h1-4,32H,5-7H2. The molecule has 0 saturated carbocycles. The fraction of sp³-hybridized carbons (Fsp3) is 0.625. The molecular weight excluding hydrogens is 525 g/mol. The van der Waals surface area contributed by atoms with Crippen molar-refractivity contribution in [2.45, 2.75) is 41.7 Å². The third-order valence-electron chi connectivity index (χ3n) is 4.01. The maximum absolute atomic E-state index is 13.5. The Morgan fingerprint density at radius 3 is 1.41 bits per heavy atom. The zero-order valence-electron chi connectivity index (χ0n) is 15.9. The van der Waals surface area contributed by atoms with Crippen molar-refractivity contribution in [3.8, 4) is 11.5 Å². The summed E-state index contributed by atoms with van der Waals surface area (Å²) in [5, 5.41) is 9.00. The summed E-state index contributed by atoms with van der Waals surface area (Å²) in [5.41, 5.74) is 0. The molecule has 0 saturated heterocycles. The van der Waals surface area contributed by atoms with E-state index in [1.54, 1.807) is 0 Å². The van der Waals surface area contributed by atoms with E-state index in [1.165, 1.54) is 0 Å². The van der Waals surface area contributed by atoms with Crippen LogP contribution < -0.4 is 4.74 Å². The Hall–Kier alpha value is -2.27. The predicted octanol–water partition coefficient (Wildman–Crippen LogP) is 6.16. The zero-order valence-corrected chi connectivity index (χ0v) is 15.9. The first kappa shape index (κ1) is 29.8. The fourth-order valence-electron chi connectivity index (χ4n) is 2.05. The highest BCUT2D eigenvalue weighted by atomic mass is 19.4. The van der Waals surface area contributed by atoms with E-state index in [-0.39, 0.29) is 11.5 Å². The van der Waals surface area contributed by atoms with E-state index in [0.717, 1.165) is 24.3 Å². The predicted molar refractivity (Wildman–Crippen MR) is 80.2 cm³/mol. The average Bonchev–Trinajstić information content (AvgIpc) is 2.67. The van der Waals surface area contributed by atoms with Gasteiger partial charge < -0.3 is 14.6 Å². The SMILES string of the molecule is Oc1ccc(OCCOCC(F)(F)C(F)(F)C(F)(F)C(F)(F)C(F)(F)C(F)(F)C(F)(F)F)cc1. The van der Waals surface area contributed by atoms with E-state index >= 15 is 0 Å². The highest BCUT2D eigenvalue weighted by Gasteiger charge is 2.93. The third-order valence-corrected chi connectivity index (χ3v) is 4.01. The summed E-state index contributed by atoms with van der Waals surface area (Å²) in [6.45, 7) is -4.78. The molecule has 0 atom stereocenters. The lowest BCUT2D eigenvalue weighted by atomic mass is 9.91. The van der Waals surface area contributed by atoms with Crippen molar-refractivity contribution in [2.75, 3.05) is 19.8 Å². The molecule has 0 spiro atoms. The highest BCUT2D eigenvalue weighted by molar-refractivity contribution is 5.30. The summed E-state index contributed by atoms with van der Waals surface area (Å²) in [5.74, 6) is -47.1. The van der Waals surface area contributed by atoms with Gasteiger partial charge in [-0.05, 0) is 24.3 Å². The van der Waals surface area contributed by atoms with Gasteiger partial charge in [0.25, 0.3) is 0 Å². The average molecular weight is 536 g/mol.